The summed E-state index contributed by atoms with van der Waals surface area (Å²) < 4.78 is 39.6. The number of aromatic nitrogens is 1. The third-order valence-electron chi connectivity index (χ3n) is 7.82. The Labute approximate surface area is 184 Å². The number of epoxide rings is 1. The summed E-state index contributed by atoms with van der Waals surface area (Å²) >= 11 is 0. The molecule has 4 aliphatic rings. The van der Waals surface area contributed by atoms with Crippen LogP contribution in [0.3, 0.4) is 0 Å². The van der Waals surface area contributed by atoms with Gasteiger partial charge in [0.2, 0.25) is 5.92 Å². The first-order chi connectivity index (χ1) is 15.4. The molecule has 1 saturated heterocycles. The molecule has 2 aliphatic heterocycles. The van der Waals surface area contributed by atoms with Gasteiger partial charge in [0.1, 0.15) is 6.10 Å². The van der Waals surface area contributed by atoms with E-state index in [-0.39, 0.29) is 30.6 Å². The van der Waals surface area contributed by atoms with E-state index in [4.69, 9.17) is 9.26 Å². The smallest absolute Gasteiger partial charge is 0.248 e. The molecule has 2 aromatic carbocycles. The van der Waals surface area contributed by atoms with Gasteiger partial charge in [-0.1, -0.05) is 23.4 Å². The molecular weight excluding hydrogens is 412 g/mol. The van der Waals surface area contributed by atoms with Crippen molar-refractivity contribution in [3.8, 4) is 11.1 Å². The van der Waals surface area contributed by atoms with Crippen molar-refractivity contribution in [3.63, 3.8) is 0 Å². The van der Waals surface area contributed by atoms with Crippen molar-refractivity contribution in [3.05, 3.63) is 41.5 Å². The fourth-order valence-corrected chi connectivity index (χ4v) is 5.80. The Balaban J connectivity index is 1.31. The van der Waals surface area contributed by atoms with Crippen molar-refractivity contribution < 1.29 is 18.0 Å². The van der Waals surface area contributed by atoms with Crippen LogP contribution in [0.2, 0.25) is 0 Å². The van der Waals surface area contributed by atoms with E-state index in [1.807, 2.05) is 0 Å². The lowest BCUT2D eigenvalue weighted by Crippen LogP contribution is -2.44. The van der Waals surface area contributed by atoms with Crippen molar-refractivity contribution in [1.82, 2.24) is 5.16 Å². The third kappa shape index (κ3) is 2.73. The second kappa shape index (κ2) is 6.22. The molecule has 2 atom stereocenters. The highest BCUT2D eigenvalue weighted by Gasteiger charge is 2.61. The average Bonchev–Trinajstić information content (AvgIpc) is 3.69. The van der Waals surface area contributed by atoms with Gasteiger partial charge in [-0.15, -0.1) is 0 Å². The molecule has 0 amide bonds. The molecule has 0 bridgehead atoms. The second-order valence-corrected chi connectivity index (χ2v) is 9.98. The Morgan fingerprint density at radius 1 is 1.09 bits per heavy atom. The average molecular weight is 437 g/mol. The fourth-order valence-electron chi connectivity index (χ4n) is 5.80. The maximum absolute atomic E-state index is 13.9. The van der Waals surface area contributed by atoms with Gasteiger partial charge in [0, 0.05) is 35.5 Å². The first-order valence-corrected chi connectivity index (χ1v) is 11.5. The lowest BCUT2D eigenvalue weighted by molar-refractivity contribution is -0.0555. The van der Waals surface area contributed by atoms with Gasteiger partial charge >= 0.3 is 0 Å². The molecule has 166 valence electrons. The minimum Gasteiger partial charge on any atom is -0.364 e. The Bertz CT molecular complexity index is 1240. The quantitative estimate of drug-likeness (QED) is 0.494. The van der Waals surface area contributed by atoms with Gasteiger partial charge < -0.3 is 19.9 Å². The van der Waals surface area contributed by atoms with E-state index in [2.05, 4.69) is 53.0 Å². The Morgan fingerprint density at radius 3 is 2.69 bits per heavy atom. The van der Waals surface area contributed by atoms with Crippen LogP contribution in [0.5, 0.6) is 0 Å². The van der Waals surface area contributed by atoms with Crippen LogP contribution in [0.4, 0.5) is 20.3 Å². The largest absolute Gasteiger partial charge is 0.364 e. The summed E-state index contributed by atoms with van der Waals surface area (Å²) in [6.45, 7) is 2.07. The number of nitrogens with zero attached hydrogens (tertiary/aromatic N) is 1. The van der Waals surface area contributed by atoms with Gasteiger partial charge in [-0.25, -0.2) is 8.78 Å². The summed E-state index contributed by atoms with van der Waals surface area (Å²) in [6, 6.07) is 11.0. The number of rotatable bonds is 3. The predicted octanol–water partition coefficient (Wildman–Crippen LogP) is 5.98. The van der Waals surface area contributed by atoms with Crippen molar-refractivity contribution in [2.75, 3.05) is 10.6 Å². The molecule has 1 spiro atoms. The topological polar surface area (TPSA) is 62.6 Å². The van der Waals surface area contributed by atoms with Gasteiger partial charge in [-0.2, -0.15) is 0 Å². The van der Waals surface area contributed by atoms with E-state index in [1.54, 1.807) is 0 Å². The third-order valence-corrected chi connectivity index (χ3v) is 7.82. The normalized spacial score (nSPS) is 27.0. The molecule has 1 aromatic heterocycles. The summed E-state index contributed by atoms with van der Waals surface area (Å²) in [4.78, 5) is 0. The van der Waals surface area contributed by atoms with Crippen LogP contribution < -0.4 is 10.6 Å². The standard InChI is InChI=1S/C25H25F2N3O2/c1-13-2-6-16-20(32-30-22(16)28-15-4-5-15)19(13)14-3-7-17-18(12-14)29-23-21(31-23)24(17)8-10-25(26,27)11-9-24/h2-3,6-7,12,15,21,23,29H,4-5,8-11H2,1H3,(H,28,30). The fraction of sp³-hybridized carbons (Fsp3) is 0.480. The van der Waals surface area contributed by atoms with Crippen molar-refractivity contribution in [2.45, 2.75) is 75.2 Å². The number of aryl methyl sites for hydroxylation is 1. The molecule has 32 heavy (non-hydrogen) atoms. The molecule has 2 saturated carbocycles. The highest BCUT2D eigenvalue weighted by molar-refractivity contribution is 6.00. The maximum Gasteiger partial charge on any atom is 0.248 e. The van der Waals surface area contributed by atoms with Crippen LogP contribution in [0.25, 0.3) is 22.1 Å². The van der Waals surface area contributed by atoms with E-state index in [1.165, 1.54) is 12.8 Å². The number of alkyl halides is 2. The Hall–Kier alpha value is -2.67. The molecule has 2 N–H and O–H groups in total. The molecule has 7 heteroatoms. The number of benzene rings is 2. The summed E-state index contributed by atoms with van der Waals surface area (Å²) in [6.07, 6.45) is 3.02. The lowest BCUT2D eigenvalue weighted by Gasteiger charge is -2.42. The number of ether oxygens (including phenoxy) is 1. The molecule has 3 fully saturated rings. The van der Waals surface area contributed by atoms with Crippen LogP contribution in [0, 0.1) is 6.92 Å². The minimum absolute atomic E-state index is 0.00699. The highest BCUT2D eigenvalue weighted by atomic mass is 19.3. The van der Waals surface area contributed by atoms with Gasteiger partial charge in [-0.3, -0.25) is 0 Å². The van der Waals surface area contributed by atoms with Crippen molar-refractivity contribution in [2.24, 2.45) is 0 Å². The number of fused-ring (bicyclic) bond motifs is 5. The SMILES string of the molecule is Cc1ccc2c(NC3CC3)noc2c1-c1ccc2c(c1)NC1OC1C21CCC(F)(F)CC1. The van der Waals surface area contributed by atoms with Gasteiger partial charge in [0.25, 0.3) is 0 Å². The van der Waals surface area contributed by atoms with Crippen molar-refractivity contribution in [1.29, 1.82) is 0 Å². The van der Waals surface area contributed by atoms with Crippen LogP contribution in [0.15, 0.2) is 34.9 Å². The summed E-state index contributed by atoms with van der Waals surface area (Å²) in [5.74, 6) is -1.76. The monoisotopic (exact) mass is 437 g/mol. The Kier molecular flexibility index (Phi) is 3.67. The first kappa shape index (κ1) is 18.9. The maximum atomic E-state index is 13.9. The molecule has 2 aliphatic carbocycles. The van der Waals surface area contributed by atoms with Crippen LogP contribution in [0.1, 0.15) is 49.7 Å². The van der Waals surface area contributed by atoms with E-state index in [9.17, 15) is 8.78 Å². The molecule has 0 radical (unpaired) electrons. The van der Waals surface area contributed by atoms with Gasteiger partial charge in [-0.05, 0) is 61.4 Å². The second-order valence-electron chi connectivity index (χ2n) is 9.98. The van der Waals surface area contributed by atoms with E-state index >= 15 is 0 Å². The lowest BCUT2D eigenvalue weighted by atomic mass is 9.64. The number of hydrogen-bond acceptors (Lipinski definition) is 5. The highest BCUT2D eigenvalue weighted by Crippen LogP contribution is 2.58. The summed E-state index contributed by atoms with van der Waals surface area (Å²) in [7, 11) is 0. The van der Waals surface area contributed by atoms with Crippen molar-refractivity contribution >= 4 is 22.5 Å². The molecule has 3 aromatic rings. The zero-order valence-electron chi connectivity index (χ0n) is 17.9. The van der Waals surface area contributed by atoms with E-state index in [0.717, 1.165) is 44.7 Å². The zero-order valence-corrected chi connectivity index (χ0v) is 17.9. The number of anilines is 2. The molecule has 5 nitrogen and oxygen atoms in total. The summed E-state index contributed by atoms with van der Waals surface area (Å²) in [5.41, 5.74) is 5.70. The minimum atomic E-state index is -2.56. The Morgan fingerprint density at radius 2 is 1.91 bits per heavy atom. The molecular formula is C25H25F2N3O2. The van der Waals surface area contributed by atoms with Gasteiger partial charge in [0.05, 0.1) is 5.39 Å². The molecule has 2 unspecified atom stereocenters. The molecule has 3 heterocycles. The number of hydrogen-bond donors (Lipinski definition) is 2. The van der Waals surface area contributed by atoms with E-state index < -0.39 is 5.92 Å². The predicted molar refractivity (Wildman–Crippen MR) is 118 cm³/mol. The van der Waals surface area contributed by atoms with Crippen LogP contribution in [-0.2, 0) is 10.2 Å². The van der Waals surface area contributed by atoms with Crippen LogP contribution >= 0.6 is 0 Å². The summed E-state index contributed by atoms with van der Waals surface area (Å²) in [5, 5.41) is 12.2. The van der Waals surface area contributed by atoms with E-state index in [0.29, 0.717) is 18.9 Å². The number of nitrogens with one attached hydrogen (secondary N) is 2. The first-order valence-electron chi connectivity index (χ1n) is 11.5. The van der Waals surface area contributed by atoms with Crippen LogP contribution in [-0.4, -0.2) is 29.5 Å². The zero-order chi connectivity index (χ0) is 21.7. The molecule has 7 rings (SSSR count). The number of halogens is 2. The van der Waals surface area contributed by atoms with Gasteiger partial charge in [0.15, 0.2) is 17.6 Å².